The first kappa shape index (κ1) is 13.9. The Hall–Kier alpha value is -2.56. The lowest BCUT2D eigenvalue weighted by Crippen LogP contribution is -2.07. The molecule has 0 radical (unpaired) electrons. The lowest BCUT2D eigenvalue weighted by atomic mass is 10.1. The lowest BCUT2D eigenvalue weighted by molar-refractivity contribution is -0.384. The molecule has 104 valence electrons. The normalized spacial score (nSPS) is 11.7. The van der Waals surface area contributed by atoms with Crippen molar-refractivity contribution in [2.75, 3.05) is 17.7 Å². The van der Waals surface area contributed by atoms with E-state index in [-0.39, 0.29) is 16.7 Å². The molecule has 0 fully saturated rings. The van der Waals surface area contributed by atoms with Gasteiger partial charge < -0.3 is 10.6 Å². The third-order valence-corrected chi connectivity index (χ3v) is 3.10. The minimum Gasteiger partial charge on any atom is -0.388 e. The third kappa shape index (κ3) is 3.26. The predicted octanol–water partition coefficient (Wildman–Crippen LogP) is 3.81. The fraction of sp³-hybridized carbons (Fsp3) is 0.200. The number of anilines is 2. The Balaban J connectivity index is 2.24. The van der Waals surface area contributed by atoms with Gasteiger partial charge in [0.1, 0.15) is 0 Å². The van der Waals surface area contributed by atoms with Gasteiger partial charge in [0.25, 0.3) is 5.69 Å². The quantitative estimate of drug-likeness (QED) is 0.641. The molecule has 0 spiro atoms. The number of nitro benzene ring substituents is 1. The molecule has 20 heavy (non-hydrogen) atoms. The average Bonchev–Trinajstić information content (AvgIpc) is 2.47. The molecule has 0 aliphatic heterocycles. The van der Waals surface area contributed by atoms with Crippen LogP contribution in [-0.4, -0.2) is 12.0 Å². The maximum absolute atomic E-state index is 10.9. The van der Waals surface area contributed by atoms with Crippen molar-refractivity contribution in [2.45, 2.75) is 13.0 Å². The van der Waals surface area contributed by atoms with Crippen LogP contribution >= 0.6 is 0 Å². The second-order valence-corrected chi connectivity index (χ2v) is 4.55. The van der Waals surface area contributed by atoms with Gasteiger partial charge in [-0.1, -0.05) is 30.3 Å². The van der Waals surface area contributed by atoms with E-state index in [1.54, 1.807) is 13.1 Å². The molecule has 5 nitrogen and oxygen atoms in total. The summed E-state index contributed by atoms with van der Waals surface area (Å²) in [4.78, 5) is 10.5. The summed E-state index contributed by atoms with van der Waals surface area (Å²) in [5, 5.41) is 17.1. The van der Waals surface area contributed by atoms with Crippen LogP contribution in [0.3, 0.4) is 0 Å². The topological polar surface area (TPSA) is 67.2 Å². The Morgan fingerprint density at radius 1 is 1.10 bits per heavy atom. The van der Waals surface area contributed by atoms with Crippen LogP contribution in [0.4, 0.5) is 17.1 Å². The van der Waals surface area contributed by atoms with Crippen molar-refractivity contribution in [3.05, 3.63) is 64.2 Å². The van der Waals surface area contributed by atoms with Gasteiger partial charge in [-0.25, -0.2) is 0 Å². The molecule has 2 aromatic rings. The molecular weight excluding hydrogens is 254 g/mol. The highest BCUT2D eigenvalue weighted by atomic mass is 16.6. The Kier molecular flexibility index (Phi) is 4.20. The van der Waals surface area contributed by atoms with Gasteiger partial charge in [-0.3, -0.25) is 10.1 Å². The molecular formula is C15H17N3O2. The number of nitrogens with zero attached hydrogens (tertiary/aromatic N) is 1. The highest BCUT2D eigenvalue weighted by Gasteiger charge is 2.11. The summed E-state index contributed by atoms with van der Waals surface area (Å²) in [7, 11) is 1.74. The van der Waals surface area contributed by atoms with Crippen LogP contribution in [0.2, 0.25) is 0 Å². The van der Waals surface area contributed by atoms with Crippen LogP contribution in [0, 0.1) is 10.1 Å². The smallest absolute Gasteiger partial charge is 0.273 e. The minimum atomic E-state index is -0.390. The predicted molar refractivity (Wildman–Crippen MR) is 81.1 cm³/mol. The zero-order valence-electron chi connectivity index (χ0n) is 11.5. The van der Waals surface area contributed by atoms with E-state index < -0.39 is 0 Å². The van der Waals surface area contributed by atoms with E-state index in [9.17, 15) is 10.1 Å². The standard InChI is InChI=1S/C15H17N3O2/c1-11(12-6-4-3-5-7-12)17-14-8-13(16-2)9-15(10-14)18(19)20/h3-11,16-17H,1-2H3. The van der Waals surface area contributed by atoms with Crippen molar-refractivity contribution in [3.8, 4) is 0 Å². The number of non-ortho nitro benzene ring substituents is 1. The van der Waals surface area contributed by atoms with Crippen molar-refractivity contribution in [2.24, 2.45) is 0 Å². The van der Waals surface area contributed by atoms with Gasteiger partial charge in [-0.15, -0.1) is 0 Å². The summed E-state index contributed by atoms with van der Waals surface area (Å²) in [6.07, 6.45) is 0. The zero-order chi connectivity index (χ0) is 14.5. The lowest BCUT2D eigenvalue weighted by Gasteiger charge is -2.16. The van der Waals surface area contributed by atoms with Gasteiger partial charge in [0.05, 0.1) is 4.92 Å². The van der Waals surface area contributed by atoms with E-state index >= 15 is 0 Å². The summed E-state index contributed by atoms with van der Waals surface area (Å²) in [5.41, 5.74) is 2.63. The van der Waals surface area contributed by atoms with Crippen molar-refractivity contribution in [3.63, 3.8) is 0 Å². The average molecular weight is 271 g/mol. The molecule has 0 saturated heterocycles. The van der Waals surface area contributed by atoms with Gasteiger partial charge >= 0.3 is 0 Å². The fourth-order valence-electron chi connectivity index (χ4n) is 2.02. The molecule has 2 N–H and O–H groups in total. The Labute approximate surface area is 117 Å². The fourth-order valence-corrected chi connectivity index (χ4v) is 2.02. The van der Waals surface area contributed by atoms with Crippen LogP contribution in [0.5, 0.6) is 0 Å². The SMILES string of the molecule is CNc1cc(NC(C)c2ccccc2)cc([N+](=O)[O-])c1. The van der Waals surface area contributed by atoms with Gasteiger partial charge in [0, 0.05) is 36.6 Å². The summed E-state index contributed by atoms with van der Waals surface area (Å²) < 4.78 is 0. The van der Waals surface area contributed by atoms with E-state index in [4.69, 9.17) is 0 Å². The zero-order valence-corrected chi connectivity index (χ0v) is 11.5. The highest BCUT2D eigenvalue weighted by molar-refractivity contribution is 5.63. The highest BCUT2D eigenvalue weighted by Crippen LogP contribution is 2.27. The monoisotopic (exact) mass is 271 g/mol. The first-order valence-corrected chi connectivity index (χ1v) is 6.39. The van der Waals surface area contributed by atoms with E-state index in [0.717, 1.165) is 11.3 Å². The van der Waals surface area contributed by atoms with Gasteiger partial charge in [0.2, 0.25) is 0 Å². The summed E-state index contributed by atoms with van der Waals surface area (Å²) in [6, 6.07) is 14.9. The summed E-state index contributed by atoms with van der Waals surface area (Å²) in [6.45, 7) is 2.02. The number of hydrogen-bond acceptors (Lipinski definition) is 4. The Morgan fingerprint density at radius 3 is 2.35 bits per heavy atom. The maximum Gasteiger partial charge on any atom is 0.273 e. The number of hydrogen-bond donors (Lipinski definition) is 2. The summed E-state index contributed by atoms with van der Waals surface area (Å²) in [5.74, 6) is 0. The first-order chi connectivity index (χ1) is 9.60. The van der Waals surface area contributed by atoms with E-state index in [2.05, 4.69) is 10.6 Å². The molecule has 0 aliphatic carbocycles. The molecule has 2 rings (SSSR count). The van der Waals surface area contributed by atoms with E-state index in [0.29, 0.717) is 5.69 Å². The second kappa shape index (κ2) is 6.06. The molecule has 0 heterocycles. The van der Waals surface area contributed by atoms with Gasteiger partial charge in [-0.05, 0) is 18.6 Å². The molecule has 5 heteroatoms. The van der Waals surface area contributed by atoms with Crippen LogP contribution in [0.15, 0.2) is 48.5 Å². The molecule has 2 aromatic carbocycles. The van der Waals surface area contributed by atoms with Crippen LogP contribution < -0.4 is 10.6 Å². The van der Waals surface area contributed by atoms with E-state index in [1.807, 2.05) is 43.3 Å². The molecule has 1 atom stereocenters. The minimum absolute atomic E-state index is 0.0691. The van der Waals surface area contributed by atoms with Crippen LogP contribution in [0.25, 0.3) is 0 Å². The molecule has 0 bridgehead atoms. The van der Waals surface area contributed by atoms with Gasteiger partial charge in [-0.2, -0.15) is 0 Å². The summed E-state index contributed by atoms with van der Waals surface area (Å²) >= 11 is 0. The van der Waals surface area contributed by atoms with Crippen molar-refractivity contribution in [1.82, 2.24) is 0 Å². The number of nitro groups is 1. The maximum atomic E-state index is 10.9. The molecule has 0 aliphatic rings. The van der Waals surface area contributed by atoms with Crippen LogP contribution in [-0.2, 0) is 0 Å². The number of nitrogens with one attached hydrogen (secondary N) is 2. The van der Waals surface area contributed by atoms with E-state index in [1.165, 1.54) is 6.07 Å². The molecule has 1 unspecified atom stereocenters. The van der Waals surface area contributed by atoms with Gasteiger partial charge in [0.15, 0.2) is 0 Å². The van der Waals surface area contributed by atoms with Crippen molar-refractivity contribution >= 4 is 17.1 Å². The largest absolute Gasteiger partial charge is 0.388 e. The molecule has 0 amide bonds. The van der Waals surface area contributed by atoms with Crippen molar-refractivity contribution in [1.29, 1.82) is 0 Å². The third-order valence-electron chi connectivity index (χ3n) is 3.10. The van der Waals surface area contributed by atoms with Crippen molar-refractivity contribution < 1.29 is 4.92 Å². The molecule has 0 saturated carbocycles. The Bertz CT molecular complexity index is 599. The Morgan fingerprint density at radius 2 is 1.75 bits per heavy atom. The first-order valence-electron chi connectivity index (χ1n) is 6.39. The van der Waals surface area contributed by atoms with Crippen LogP contribution in [0.1, 0.15) is 18.5 Å². The number of benzene rings is 2. The number of rotatable bonds is 5. The second-order valence-electron chi connectivity index (χ2n) is 4.55. The molecule has 0 aromatic heterocycles.